The number of carbonyl (C=O) groups is 1. The molecule has 1 aromatic carbocycles. The number of aryl methyl sites for hydroxylation is 2. The minimum absolute atomic E-state index is 0.0942. The van der Waals surface area contributed by atoms with E-state index in [1.807, 2.05) is 41.8 Å². The molecule has 2 N–H and O–H groups in total. The molecule has 0 saturated carbocycles. The Kier molecular flexibility index (Phi) is 5.68. The van der Waals surface area contributed by atoms with Crippen molar-refractivity contribution in [3.63, 3.8) is 0 Å². The molecule has 0 radical (unpaired) electrons. The first kappa shape index (κ1) is 20.4. The Bertz CT molecular complexity index is 1290. The molecule has 7 nitrogen and oxygen atoms in total. The maximum absolute atomic E-state index is 12.7. The van der Waals surface area contributed by atoms with Crippen LogP contribution in [0.15, 0.2) is 58.7 Å². The van der Waals surface area contributed by atoms with Crippen LogP contribution in [0.1, 0.15) is 36.1 Å². The fourth-order valence-corrected chi connectivity index (χ4v) is 4.69. The summed E-state index contributed by atoms with van der Waals surface area (Å²) in [6, 6.07) is 15.9. The summed E-state index contributed by atoms with van der Waals surface area (Å²) in [6.07, 6.45) is 4.44. The highest BCUT2D eigenvalue weighted by atomic mass is 32.1. The molecule has 4 aromatic rings. The Hall–Kier alpha value is -3.52. The van der Waals surface area contributed by atoms with Crippen LogP contribution < -0.4 is 10.9 Å². The number of nitrogens with one attached hydrogen (secondary N) is 2. The Morgan fingerprint density at radius 2 is 2.03 bits per heavy atom. The molecule has 0 aliphatic heterocycles. The van der Waals surface area contributed by atoms with Crippen LogP contribution in [-0.4, -0.2) is 25.7 Å². The van der Waals surface area contributed by atoms with E-state index in [0.29, 0.717) is 18.2 Å². The third-order valence-electron chi connectivity index (χ3n) is 5.59. The lowest BCUT2D eigenvalue weighted by molar-refractivity contribution is -0.116. The number of benzene rings is 1. The minimum atomic E-state index is -0.129. The number of rotatable bonds is 7. The van der Waals surface area contributed by atoms with Gasteiger partial charge >= 0.3 is 0 Å². The lowest BCUT2D eigenvalue weighted by Crippen LogP contribution is -2.21. The second kappa shape index (κ2) is 8.92. The van der Waals surface area contributed by atoms with Crippen LogP contribution in [0.4, 0.5) is 5.82 Å². The van der Waals surface area contributed by atoms with E-state index in [4.69, 9.17) is 0 Å². The van der Waals surface area contributed by atoms with Crippen molar-refractivity contribution < 1.29 is 4.79 Å². The summed E-state index contributed by atoms with van der Waals surface area (Å²) in [5, 5.41) is 9.60. The number of carbonyl (C=O) groups excluding carboxylic acids is 1. The van der Waals surface area contributed by atoms with E-state index in [1.165, 1.54) is 10.2 Å². The summed E-state index contributed by atoms with van der Waals surface area (Å²) in [6.45, 7) is 0. The van der Waals surface area contributed by atoms with Crippen molar-refractivity contribution in [2.45, 2.75) is 38.5 Å². The van der Waals surface area contributed by atoms with Gasteiger partial charge in [-0.1, -0.05) is 36.4 Å². The first-order chi connectivity index (χ1) is 15.7. The number of nitrogens with zero attached hydrogens (tertiary/aromatic N) is 3. The normalized spacial score (nSPS) is 12.6. The third-order valence-corrected chi connectivity index (χ3v) is 6.48. The fraction of sp³-hybridized carbons (Fsp3) is 0.250. The highest BCUT2D eigenvalue weighted by Gasteiger charge is 2.21. The van der Waals surface area contributed by atoms with Crippen molar-refractivity contribution in [3.8, 4) is 16.5 Å². The second-order valence-electron chi connectivity index (χ2n) is 7.86. The van der Waals surface area contributed by atoms with Gasteiger partial charge in [0.25, 0.3) is 5.56 Å². The van der Waals surface area contributed by atoms with E-state index in [1.54, 1.807) is 11.3 Å². The molecule has 1 amide bonds. The van der Waals surface area contributed by atoms with E-state index in [0.717, 1.165) is 53.9 Å². The maximum atomic E-state index is 12.7. The van der Waals surface area contributed by atoms with Crippen LogP contribution in [0.3, 0.4) is 0 Å². The number of H-pyrrole nitrogens is 1. The zero-order valence-electron chi connectivity index (χ0n) is 17.5. The van der Waals surface area contributed by atoms with Crippen molar-refractivity contribution in [1.29, 1.82) is 0 Å². The Balaban J connectivity index is 1.39. The zero-order valence-corrected chi connectivity index (χ0v) is 18.3. The third kappa shape index (κ3) is 4.27. The lowest BCUT2D eigenvalue weighted by Gasteiger charge is -2.09. The molecule has 162 valence electrons. The van der Waals surface area contributed by atoms with Crippen molar-refractivity contribution in [2.24, 2.45) is 0 Å². The average Bonchev–Trinajstić information content (AvgIpc) is 3.55. The lowest BCUT2D eigenvalue weighted by atomic mass is 10.1. The Morgan fingerprint density at radius 1 is 1.16 bits per heavy atom. The van der Waals surface area contributed by atoms with Crippen LogP contribution in [0, 0.1) is 0 Å². The predicted molar refractivity (Wildman–Crippen MR) is 125 cm³/mol. The van der Waals surface area contributed by atoms with Gasteiger partial charge in [-0.05, 0) is 49.1 Å². The van der Waals surface area contributed by atoms with Crippen LogP contribution >= 0.6 is 11.3 Å². The predicted octanol–water partition coefficient (Wildman–Crippen LogP) is 4.13. The second-order valence-corrected chi connectivity index (χ2v) is 8.81. The molecule has 0 saturated heterocycles. The number of aromatic amines is 1. The molecule has 0 fully saturated rings. The van der Waals surface area contributed by atoms with Gasteiger partial charge in [-0.3, -0.25) is 14.6 Å². The zero-order chi connectivity index (χ0) is 21.9. The summed E-state index contributed by atoms with van der Waals surface area (Å²) in [5.41, 5.74) is 3.38. The topological polar surface area (TPSA) is 92.7 Å². The van der Waals surface area contributed by atoms with Gasteiger partial charge in [-0.2, -0.15) is 9.78 Å². The number of amides is 1. The minimum Gasteiger partial charge on any atom is -0.310 e. The molecule has 0 unspecified atom stereocenters. The molecule has 1 aliphatic rings. The molecule has 5 rings (SSSR count). The molecule has 8 heteroatoms. The Labute approximate surface area is 189 Å². The molecule has 32 heavy (non-hydrogen) atoms. The molecule has 0 bridgehead atoms. The fourth-order valence-electron chi connectivity index (χ4n) is 4.01. The first-order valence-corrected chi connectivity index (χ1v) is 11.7. The van der Waals surface area contributed by atoms with Crippen molar-refractivity contribution in [2.75, 3.05) is 5.32 Å². The van der Waals surface area contributed by atoms with E-state index < -0.39 is 0 Å². The number of aromatic nitrogens is 4. The highest BCUT2D eigenvalue weighted by molar-refractivity contribution is 7.13. The summed E-state index contributed by atoms with van der Waals surface area (Å²) in [7, 11) is 0. The van der Waals surface area contributed by atoms with Crippen molar-refractivity contribution in [3.05, 3.63) is 81.1 Å². The summed E-state index contributed by atoms with van der Waals surface area (Å²) < 4.78 is 1.53. The number of thiophene rings is 1. The maximum Gasteiger partial charge on any atom is 0.255 e. The van der Waals surface area contributed by atoms with Gasteiger partial charge in [-0.15, -0.1) is 11.3 Å². The number of fused-ring (bicyclic) bond motifs is 1. The molecular weight excluding hydrogens is 422 g/mol. The van der Waals surface area contributed by atoms with E-state index >= 15 is 0 Å². The molecular formula is C24H23N5O2S. The van der Waals surface area contributed by atoms with Gasteiger partial charge in [0.05, 0.1) is 10.6 Å². The standard InChI is InChI=1S/C24H23N5O2S/c30-22(13-4-9-16-7-2-1-3-8-16)26-21-15-19(20-12-6-14-32-20)28-29(21)24-25-18-11-5-10-17(18)23(31)27-24/h1-3,6-8,12,14-15H,4-5,9-11,13H2,(H,26,30)(H,25,27,31). The summed E-state index contributed by atoms with van der Waals surface area (Å²) >= 11 is 1.57. The monoisotopic (exact) mass is 445 g/mol. The molecule has 3 heterocycles. The largest absolute Gasteiger partial charge is 0.310 e. The molecule has 3 aromatic heterocycles. The first-order valence-electron chi connectivity index (χ1n) is 10.8. The van der Waals surface area contributed by atoms with Gasteiger partial charge in [-0.25, -0.2) is 4.98 Å². The van der Waals surface area contributed by atoms with Gasteiger partial charge in [0.2, 0.25) is 11.9 Å². The van der Waals surface area contributed by atoms with Crippen molar-refractivity contribution >= 4 is 23.1 Å². The van der Waals surface area contributed by atoms with Gasteiger partial charge in [0.1, 0.15) is 11.5 Å². The highest BCUT2D eigenvalue weighted by Crippen LogP contribution is 2.28. The van der Waals surface area contributed by atoms with Crippen LogP contribution in [0.2, 0.25) is 0 Å². The van der Waals surface area contributed by atoms with Crippen LogP contribution in [-0.2, 0) is 24.1 Å². The number of hydrogen-bond donors (Lipinski definition) is 2. The van der Waals surface area contributed by atoms with Gasteiger partial charge in [0, 0.05) is 18.1 Å². The van der Waals surface area contributed by atoms with Gasteiger partial charge < -0.3 is 5.32 Å². The summed E-state index contributed by atoms with van der Waals surface area (Å²) in [4.78, 5) is 33.7. The average molecular weight is 446 g/mol. The van der Waals surface area contributed by atoms with Crippen LogP contribution in [0.25, 0.3) is 16.5 Å². The summed E-state index contributed by atoms with van der Waals surface area (Å²) in [5.74, 6) is 0.737. The molecule has 0 atom stereocenters. The van der Waals surface area contributed by atoms with E-state index in [-0.39, 0.29) is 11.5 Å². The smallest absolute Gasteiger partial charge is 0.255 e. The number of hydrogen-bond acceptors (Lipinski definition) is 5. The SMILES string of the molecule is O=C(CCCc1ccccc1)Nc1cc(-c2cccs2)nn1-c1nc2c(c(=O)[nH]1)CCC2. The quantitative estimate of drug-likeness (QED) is 0.447. The van der Waals surface area contributed by atoms with E-state index in [9.17, 15) is 9.59 Å². The molecule has 0 spiro atoms. The molecule has 1 aliphatic carbocycles. The van der Waals surface area contributed by atoms with E-state index in [2.05, 4.69) is 32.5 Å². The van der Waals surface area contributed by atoms with Gasteiger partial charge in [0.15, 0.2) is 0 Å². The number of anilines is 1. The Morgan fingerprint density at radius 3 is 2.84 bits per heavy atom. The van der Waals surface area contributed by atoms with Crippen molar-refractivity contribution in [1.82, 2.24) is 19.7 Å². The van der Waals surface area contributed by atoms with Crippen LogP contribution in [0.5, 0.6) is 0 Å².